The van der Waals surface area contributed by atoms with Crippen LogP contribution in [0.1, 0.15) is 43.0 Å². The van der Waals surface area contributed by atoms with Crippen LogP contribution in [0.15, 0.2) is 11.4 Å². The van der Waals surface area contributed by atoms with E-state index in [1.54, 1.807) is 11.3 Å². The van der Waals surface area contributed by atoms with Gasteiger partial charge in [-0.25, -0.2) is 0 Å². The Labute approximate surface area is 114 Å². The Kier molecular flexibility index (Phi) is 5.25. The first-order valence-electron chi connectivity index (χ1n) is 6.68. The molecule has 2 unspecified atom stereocenters. The molecule has 1 saturated carbocycles. The van der Waals surface area contributed by atoms with Crippen molar-refractivity contribution in [3.63, 3.8) is 0 Å². The van der Waals surface area contributed by atoms with Gasteiger partial charge < -0.3 is 10.5 Å². The van der Waals surface area contributed by atoms with Crippen molar-refractivity contribution >= 4 is 11.3 Å². The lowest BCUT2D eigenvalue weighted by molar-refractivity contribution is -0.0143. The van der Waals surface area contributed by atoms with E-state index in [-0.39, 0.29) is 0 Å². The summed E-state index contributed by atoms with van der Waals surface area (Å²) >= 11 is 1.72. The van der Waals surface area contributed by atoms with Crippen LogP contribution in [0.3, 0.4) is 0 Å². The Morgan fingerprint density at radius 2 is 2.28 bits per heavy atom. The molecule has 1 aromatic rings. The first-order chi connectivity index (χ1) is 8.81. The van der Waals surface area contributed by atoms with Gasteiger partial charge in [-0.3, -0.25) is 0 Å². The SMILES string of the molecule is CC1CCCCC1OCc1sccc1C#CCN. The normalized spacial score (nSPS) is 23.4. The van der Waals surface area contributed by atoms with Crippen LogP contribution < -0.4 is 5.73 Å². The highest BCUT2D eigenvalue weighted by atomic mass is 32.1. The fourth-order valence-electron chi connectivity index (χ4n) is 2.42. The van der Waals surface area contributed by atoms with Gasteiger partial charge in [-0.05, 0) is 30.2 Å². The number of ether oxygens (including phenoxy) is 1. The van der Waals surface area contributed by atoms with Crippen LogP contribution in [0, 0.1) is 17.8 Å². The summed E-state index contributed by atoms with van der Waals surface area (Å²) in [7, 11) is 0. The van der Waals surface area contributed by atoms with Crippen molar-refractivity contribution in [1.82, 2.24) is 0 Å². The zero-order valence-corrected chi connectivity index (χ0v) is 11.8. The fraction of sp³-hybridized carbons (Fsp3) is 0.600. The lowest BCUT2D eigenvalue weighted by Crippen LogP contribution is -2.25. The third-order valence-corrected chi connectivity index (χ3v) is 4.43. The van der Waals surface area contributed by atoms with Crippen LogP contribution in [-0.4, -0.2) is 12.6 Å². The predicted molar refractivity (Wildman–Crippen MR) is 76.5 cm³/mol. The average Bonchev–Trinajstić information content (AvgIpc) is 2.83. The highest BCUT2D eigenvalue weighted by Gasteiger charge is 2.22. The number of hydrogen-bond acceptors (Lipinski definition) is 3. The van der Waals surface area contributed by atoms with E-state index in [4.69, 9.17) is 10.5 Å². The standard InChI is InChI=1S/C15H21NOS/c1-12-5-2-3-7-14(12)17-11-15-13(6-4-9-16)8-10-18-15/h8,10,12,14H,2-3,5,7,9,11,16H2,1H3. The molecule has 0 bridgehead atoms. The van der Waals surface area contributed by atoms with Crippen LogP contribution >= 0.6 is 11.3 Å². The Morgan fingerprint density at radius 3 is 3.06 bits per heavy atom. The summed E-state index contributed by atoms with van der Waals surface area (Å²) in [5, 5.41) is 2.07. The van der Waals surface area contributed by atoms with E-state index in [9.17, 15) is 0 Å². The molecular weight excluding hydrogens is 242 g/mol. The minimum Gasteiger partial charge on any atom is -0.372 e. The van der Waals surface area contributed by atoms with Crippen molar-refractivity contribution < 1.29 is 4.74 Å². The van der Waals surface area contributed by atoms with Gasteiger partial charge in [0.2, 0.25) is 0 Å². The molecule has 18 heavy (non-hydrogen) atoms. The first-order valence-corrected chi connectivity index (χ1v) is 7.56. The van der Waals surface area contributed by atoms with Gasteiger partial charge in [0.15, 0.2) is 0 Å². The average molecular weight is 263 g/mol. The minimum atomic E-state index is 0.413. The molecule has 3 heteroatoms. The van der Waals surface area contributed by atoms with Crippen LogP contribution in [0.2, 0.25) is 0 Å². The molecule has 0 aliphatic heterocycles. The summed E-state index contributed by atoms with van der Waals surface area (Å²) in [6, 6.07) is 2.05. The molecule has 0 aromatic carbocycles. The van der Waals surface area contributed by atoms with E-state index in [0.29, 0.717) is 25.2 Å². The summed E-state index contributed by atoms with van der Waals surface area (Å²) in [5.41, 5.74) is 6.48. The third-order valence-electron chi connectivity index (χ3n) is 3.53. The topological polar surface area (TPSA) is 35.2 Å². The van der Waals surface area contributed by atoms with Gasteiger partial charge in [0.25, 0.3) is 0 Å². The highest BCUT2D eigenvalue weighted by molar-refractivity contribution is 7.10. The van der Waals surface area contributed by atoms with E-state index in [1.807, 2.05) is 0 Å². The molecule has 0 amide bonds. The number of thiophene rings is 1. The van der Waals surface area contributed by atoms with Gasteiger partial charge in [-0.15, -0.1) is 11.3 Å². The molecule has 1 heterocycles. The van der Waals surface area contributed by atoms with Crippen molar-refractivity contribution in [2.24, 2.45) is 11.7 Å². The molecule has 1 aliphatic carbocycles. The van der Waals surface area contributed by atoms with Gasteiger partial charge in [0.05, 0.1) is 19.3 Å². The molecule has 2 nitrogen and oxygen atoms in total. The largest absolute Gasteiger partial charge is 0.372 e. The molecule has 0 spiro atoms. The third kappa shape index (κ3) is 3.58. The Morgan fingerprint density at radius 1 is 1.44 bits per heavy atom. The van der Waals surface area contributed by atoms with E-state index >= 15 is 0 Å². The molecule has 1 aromatic heterocycles. The second-order valence-electron chi connectivity index (χ2n) is 4.87. The summed E-state index contributed by atoms with van der Waals surface area (Å²) in [6.07, 6.45) is 5.59. The number of nitrogens with two attached hydrogens (primary N) is 1. The number of rotatable bonds is 3. The quantitative estimate of drug-likeness (QED) is 0.850. The van der Waals surface area contributed by atoms with E-state index in [0.717, 1.165) is 5.56 Å². The fourth-order valence-corrected chi connectivity index (χ4v) is 3.17. The molecule has 2 rings (SSSR count). The van der Waals surface area contributed by atoms with Gasteiger partial charge in [-0.2, -0.15) is 0 Å². The Hall–Kier alpha value is -0.820. The molecular formula is C15H21NOS. The van der Waals surface area contributed by atoms with Crippen molar-refractivity contribution in [2.45, 2.75) is 45.3 Å². The summed E-state index contributed by atoms with van der Waals surface area (Å²) in [5.74, 6) is 6.71. The molecule has 2 N–H and O–H groups in total. The molecule has 98 valence electrons. The zero-order valence-electron chi connectivity index (χ0n) is 10.9. The predicted octanol–water partition coefficient (Wildman–Crippen LogP) is 3.15. The molecule has 1 aliphatic rings. The maximum atomic E-state index is 6.07. The summed E-state index contributed by atoms with van der Waals surface area (Å²) in [6.45, 7) is 3.41. The van der Waals surface area contributed by atoms with Crippen LogP contribution in [-0.2, 0) is 11.3 Å². The van der Waals surface area contributed by atoms with Crippen LogP contribution in [0.4, 0.5) is 0 Å². The van der Waals surface area contributed by atoms with Gasteiger partial charge in [0.1, 0.15) is 0 Å². The lowest BCUT2D eigenvalue weighted by Gasteiger charge is -2.28. The van der Waals surface area contributed by atoms with Crippen LogP contribution in [0.25, 0.3) is 0 Å². The smallest absolute Gasteiger partial charge is 0.0825 e. The number of hydrogen-bond donors (Lipinski definition) is 1. The lowest BCUT2D eigenvalue weighted by atomic mass is 9.88. The van der Waals surface area contributed by atoms with Crippen LogP contribution in [0.5, 0.6) is 0 Å². The minimum absolute atomic E-state index is 0.413. The van der Waals surface area contributed by atoms with Gasteiger partial charge in [-0.1, -0.05) is 31.6 Å². The summed E-state index contributed by atoms with van der Waals surface area (Å²) < 4.78 is 6.07. The molecule has 2 atom stereocenters. The maximum Gasteiger partial charge on any atom is 0.0825 e. The van der Waals surface area contributed by atoms with Crippen molar-refractivity contribution in [3.8, 4) is 11.8 Å². The van der Waals surface area contributed by atoms with Gasteiger partial charge >= 0.3 is 0 Å². The highest BCUT2D eigenvalue weighted by Crippen LogP contribution is 2.28. The second-order valence-corrected chi connectivity index (χ2v) is 5.88. The van der Waals surface area contributed by atoms with E-state index < -0.39 is 0 Å². The molecule has 0 radical (unpaired) electrons. The molecule has 1 fully saturated rings. The first kappa shape index (κ1) is 13.6. The van der Waals surface area contributed by atoms with Crippen molar-refractivity contribution in [2.75, 3.05) is 6.54 Å². The van der Waals surface area contributed by atoms with Gasteiger partial charge in [0, 0.05) is 10.4 Å². The Bertz CT molecular complexity index is 429. The molecule has 0 saturated heterocycles. The second kappa shape index (κ2) is 6.94. The maximum absolute atomic E-state index is 6.07. The zero-order chi connectivity index (χ0) is 12.8. The monoisotopic (exact) mass is 263 g/mol. The van der Waals surface area contributed by atoms with Crippen molar-refractivity contribution in [3.05, 3.63) is 21.9 Å². The van der Waals surface area contributed by atoms with E-state index in [1.165, 1.54) is 30.6 Å². The summed E-state index contributed by atoms with van der Waals surface area (Å²) in [4.78, 5) is 1.23. The van der Waals surface area contributed by atoms with Crippen molar-refractivity contribution in [1.29, 1.82) is 0 Å². The van der Waals surface area contributed by atoms with E-state index in [2.05, 4.69) is 30.2 Å². The Balaban J connectivity index is 1.91.